The molecular weight excluding hydrogens is 403 g/mol. The molecule has 5 nitrogen and oxygen atoms in total. The lowest BCUT2D eigenvalue weighted by atomic mass is 10.1. The predicted molar refractivity (Wildman–Crippen MR) is 102 cm³/mol. The highest BCUT2D eigenvalue weighted by atomic mass is 79.9. The van der Waals surface area contributed by atoms with Crippen molar-refractivity contribution in [3.05, 3.63) is 58.3 Å². The Labute approximate surface area is 160 Å². The second-order valence-corrected chi connectivity index (χ2v) is 6.43. The van der Waals surface area contributed by atoms with E-state index < -0.39 is 0 Å². The molecule has 0 aliphatic carbocycles. The van der Waals surface area contributed by atoms with Crippen LogP contribution >= 0.6 is 15.9 Å². The summed E-state index contributed by atoms with van der Waals surface area (Å²) in [6.07, 6.45) is 0.375. The summed E-state index contributed by atoms with van der Waals surface area (Å²) in [6.45, 7) is 2.32. The molecule has 0 saturated heterocycles. The zero-order valence-electron chi connectivity index (χ0n) is 14.4. The maximum Gasteiger partial charge on any atom is 0.243 e. The molecule has 7 heteroatoms. The molecule has 138 valence electrons. The number of anilines is 1. The third kappa shape index (κ3) is 6.48. The molecule has 0 bridgehead atoms. The lowest BCUT2D eigenvalue weighted by molar-refractivity contribution is -0.124. The van der Waals surface area contributed by atoms with E-state index in [1.54, 1.807) is 36.4 Å². The molecule has 2 N–H and O–H groups in total. The van der Waals surface area contributed by atoms with Crippen molar-refractivity contribution >= 4 is 33.4 Å². The highest BCUT2D eigenvalue weighted by molar-refractivity contribution is 9.10. The van der Waals surface area contributed by atoms with E-state index in [1.165, 1.54) is 6.07 Å². The number of amides is 2. The van der Waals surface area contributed by atoms with E-state index in [-0.39, 0.29) is 37.0 Å². The van der Waals surface area contributed by atoms with Crippen molar-refractivity contribution < 1.29 is 18.7 Å². The van der Waals surface area contributed by atoms with E-state index in [9.17, 15) is 14.0 Å². The third-order valence-electron chi connectivity index (χ3n) is 3.53. The number of carbonyl (C=O) groups excluding carboxylic acids is 2. The Morgan fingerprint density at radius 3 is 2.50 bits per heavy atom. The smallest absolute Gasteiger partial charge is 0.243 e. The van der Waals surface area contributed by atoms with E-state index in [0.29, 0.717) is 22.3 Å². The van der Waals surface area contributed by atoms with Crippen LogP contribution in [0.4, 0.5) is 10.1 Å². The molecule has 0 aliphatic rings. The van der Waals surface area contributed by atoms with Gasteiger partial charge in [-0.05, 0) is 55.3 Å². The molecule has 2 aromatic carbocycles. The van der Waals surface area contributed by atoms with Crippen molar-refractivity contribution in [2.75, 3.05) is 18.5 Å². The molecule has 2 rings (SSSR count). The van der Waals surface area contributed by atoms with Gasteiger partial charge in [0.25, 0.3) is 0 Å². The van der Waals surface area contributed by atoms with Gasteiger partial charge in [0.15, 0.2) is 0 Å². The Morgan fingerprint density at radius 1 is 1.12 bits per heavy atom. The van der Waals surface area contributed by atoms with Crippen LogP contribution in [0.3, 0.4) is 0 Å². The van der Waals surface area contributed by atoms with Crippen molar-refractivity contribution in [1.82, 2.24) is 5.32 Å². The van der Waals surface area contributed by atoms with Crippen LogP contribution < -0.4 is 15.4 Å². The SMILES string of the molecule is CCOc1ccc(NC(=O)CNC(=O)CCc2ccc(Br)cc2F)cc1. The van der Waals surface area contributed by atoms with E-state index in [1.807, 2.05) is 6.92 Å². The molecular formula is C19H20BrFN2O3. The number of hydrogen-bond acceptors (Lipinski definition) is 3. The minimum atomic E-state index is -0.361. The fourth-order valence-electron chi connectivity index (χ4n) is 2.25. The Hall–Kier alpha value is -2.41. The molecule has 0 heterocycles. The number of carbonyl (C=O) groups is 2. The third-order valence-corrected chi connectivity index (χ3v) is 4.02. The summed E-state index contributed by atoms with van der Waals surface area (Å²) in [7, 11) is 0. The lowest BCUT2D eigenvalue weighted by Gasteiger charge is -2.08. The monoisotopic (exact) mass is 422 g/mol. The van der Waals surface area contributed by atoms with Gasteiger partial charge in [-0.3, -0.25) is 9.59 Å². The molecule has 0 fully saturated rings. The minimum absolute atomic E-state index is 0.106. The second kappa shape index (κ2) is 9.91. The number of ether oxygens (including phenoxy) is 1. The second-order valence-electron chi connectivity index (χ2n) is 5.52. The summed E-state index contributed by atoms with van der Waals surface area (Å²) in [5.74, 6) is -0.286. The number of nitrogens with one attached hydrogen (secondary N) is 2. The molecule has 0 saturated carbocycles. The van der Waals surface area contributed by atoms with Crippen molar-refractivity contribution in [2.24, 2.45) is 0 Å². The van der Waals surface area contributed by atoms with Crippen molar-refractivity contribution in [3.8, 4) is 5.75 Å². The molecule has 26 heavy (non-hydrogen) atoms. The topological polar surface area (TPSA) is 67.4 Å². The summed E-state index contributed by atoms with van der Waals surface area (Å²) in [6, 6.07) is 11.7. The van der Waals surface area contributed by atoms with Gasteiger partial charge in [0.05, 0.1) is 13.2 Å². The standard InChI is InChI=1S/C19H20BrFN2O3/c1-2-26-16-8-6-15(7-9-16)23-19(25)12-22-18(24)10-4-13-3-5-14(20)11-17(13)21/h3,5-9,11H,2,4,10,12H2,1H3,(H,22,24)(H,23,25). The van der Waals surface area contributed by atoms with Gasteiger partial charge in [-0.2, -0.15) is 0 Å². The zero-order valence-corrected chi connectivity index (χ0v) is 15.9. The summed E-state index contributed by atoms with van der Waals surface area (Å²) in [5, 5.41) is 5.21. The fourth-order valence-corrected chi connectivity index (χ4v) is 2.58. The first kappa shape index (κ1) is 19.9. The molecule has 0 aliphatic heterocycles. The first-order chi connectivity index (χ1) is 12.5. The van der Waals surface area contributed by atoms with E-state index in [4.69, 9.17) is 4.74 Å². The number of rotatable bonds is 8. The van der Waals surface area contributed by atoms with Crippen LogP contribution in [0, 0.1) is 5.82 Å². The van der Waals surface area contributed by atoms with Crippen LogP contribution in [-0.2, 0) is 16.0 Å². The molecule has 2 amide bonds. The maximum atomic E-state index is 13.7. The molecule has 0 unspecified atom stereocenters. The van der Waals surface area contributed by atoms with Gasteiger partial charge in [0.2, 0.25) is 11.8 Å². The van der Waals surface area contributed by atoms with Gasteiger partial charge < -0.3 is 15.4 Å². The Balaban J connectivity index is 1.73. The Bertz CT molecular complexity index is 766. The van der Waals surface area contributed by atoms with Gasteiger partial charge in [-0.15, -0.1) is 0 Å². The highest BCUT2D eigenvalue weighted by Crippen LogP contribution is 2.17. The van der Waals surface area contributed by atoms with Crippen molar-refractivity contribution in [1.29, 1.82) is 0 Å². The summed E-state index contributed by atoms with van der Waals surface area (Å²) < 4.78 is 19.7. The van der Waals surface area contributed by atoms with Gasteiger partial charge in [0, 0.05) is 16.6 Å². The van der Waals surface area contributed by atoms with Crippen LogP contribution in [0.1, 0.15) is 18.9 Å². The first-order valence-corrected chi connectivity index (χ1v) is 9.00. The van der Waals surface area contributed by atoms with Crippen LogP contribution in [0.15, 0.2) is 46.9 Å². The van der Waals surface area contributed by atoms with Crippen LogP contribution in [0.5, 0.6) is 5.75 Å². The zero-order chi connectivity index (χ0) is 18.9. The number of hydrogen-bond donors (Lipinski definition) is 2. The largest absolute Gasteiger partial charge is 0.494 e. The van der Waals surface area contributed by atoms with Gasteiger partial charge in [-0.25, -0.2) is 4.39 Å². The lowest BCUT2D eigenvalue weighted by Crippen LogP contribution is -2.33. The number of halogens is 2. The summed E-state index contributed by atoms with van der Waals surface area (Å²) in [5.41, 5.74) is 1.08. The summed E-state index contributed by atoms with van der Waals surface area (Å²) in [4.78, 5) is 23.7. The van der Waals surface area contributed by atoms with Crippen LogP contribution in [-0.4, -0.2) is 25.0 Å². The molecule has 0 radical (unpaired) electrons. The highest BCUT2D eigenvalue weighted by Gasteiger charge is 2.09. The van der Waals surface area contributed by atoms with E-state index in [0.717, 1.165) is 5.75 Å². The average molecular weight is 423 g/mol. The average Bonchev–Trinajstić information content (AvgIpc) is 2.61. The van der Waals surface area contributed by atoms with Gasteiger partial charge in [-0.1, -0.05) is 22.0 Å². The van der Waals surface area contributed by atoms with Crippen molar-refractivity contribution in [3.63, 3.8) is 0 Å². The Morgan fingerprint density at radius 2 is 1.85 bits per heavy atom. The minimum Gasteiger partial charge on any atom is -0.494 e. The van der Waals surface area contributed by atoms with Gasteiger partial charge >= 0.3 is 0 Å². The Kier molecular flexibility index (Phi) is 7.59. The van der Waals surface area contributed by atoms with Crippen LogP contribution in [0.25, 0.3) is 0 Å². The quantitative estimate of drug-likeness (QED) is 0.681. The predicted octanol–water partition coefficient (Wildman–Crippen LogP) is 3.67. The molecule has 2 aromatic rings. The molecule has 0 spiro atoms. The number of aryl methyl sites for hydroxylation is 1. The molecule has 0 atom stereocenters. The van der Waals surface area contributed by atoms with Crippen LogP contribution in [0.2, 0.25) is 0 Å². The number of benzene rings is 2. The maximum absolute atomic E-state index is 13.7. The van der Waals surface area contributed by atoms with E-state index >= 15 is 0 Å². The van der Waals surface area contributed by atoms with Crippen molar-refractivity contribution in [2.45, 2.75) is 19.8 Å². The summed E-state index contributed by atoms with van der Waals surface area (Å²) >= 11 is 3.19. The normalized spacial score (nSPS) is 10.3. The van der Waals surface area contributed by atoms with Gasteiger partial charge in [0.1, 0.15) is 11.6 Å². The molecule has 0 aromatic heterocycles. The van der Waals surface area contributed by atoms with E-state index in [2.05, 4.69) is 26.6 Å². The first-order valence-electron chi connectivity index (χ1n) is 8.21. The fraction of sp³-hybridized carbons (Fsp3) is 0.263.